The van der Waals surface area contributed by atoms with Gasteiger partial charge in [0.1, 0.15) is 0 Å². The van der Waals surface area contributed by atoms with Gasteiger partial charge in [-0.25, -0.2) is 0 Å². The largest absolute Gasteiger partial charge is 0.493 e. The van der Waals surface area contributed by atoms with Crippen molar-refractivity contribution in [2.24, 2.45) is 0 Å². The second-order valence-corrected chi connectivity index (χ2v) is 6.11. The van der Waals surface area contributed by atoms with Gasteiger partial charge < -0.3 is 14.8 Å². The minimum Gasteiger partial charge on any atom is -0.493 e. The van der Waals surface area contributed by atoms with Gasteiger partial charge in [-0.3, -0.25) is 4.79 Å². The van der Waals surface area contributed by atoms with Gasteiger partial charge in [0.25, 0.3) is 0 Å². The number of carbonyl (C=O) groups excluding carboxylic acids is 1. The molecule has 0 unspecified atom stereocenters. The Bertz CT molecular complexity index is 679. The highest BCUT2D eigenvalue weighted by molar-refractivity contribution is 8.00. The fraction of sp³-hybridized carbons (Fsp3) is 0.235. The number of amides is 1. The first-order valence-corrected chi connectivity index (χ1v) is 8.35. The first-order chi connectivity index (χ1) is 11.1. The molecule has 0 spiro atoms. The zero-order valence-electron chi connectivity index (χ0n) is 13.0. The Kier molecular flexibility index (Phi) is 6.62. The van der Waals surface area contributed by atoms with E-state index in [4.69, 9.17) is 21.1 Å². The van der Waals surface area contributed by atoms with Crippen molar-refractivity contribution in [1.82, 2.24) is 5.32 Å². The maximum absolute atomic E-state index is 11.9. The van der Waals surface area contributed by atoms with E-state index in [1.165, 1.54) is 11.8 Å². The number of benzene rings is 2. The number of methoxy groups -OCH3 is 2. The van der Waals surface area contributed by atoms with Gasteiger partial charge in [-0.15, -0.1) is 11.8 Å². The van der Waals surface area contributed by atoms with Crippen LogP contribution in [0.3, 0.4) is 0 Å². The molecule has 0 saturated carbocycles. The average Bonchev–Trinajstić information content (AvgIpc) is 2.58. The van der Waals surface area contributed by atoms with Crippen LogP contribution in [-0.2, 0) is 11.3 Å². The molecule has 0 aliphatic carbocycles. The van der Waals surface area contributed by atoms with Crippen LogP contribution in [0, 0.1) is 0 Å². The van der Waals surface area contributed by atoms with E-state index in [-0.39, 0.29) is 5.91 Å². The molecule has 0 fully saturated rings. The molecule has 4 nitrogen and oxygen atoms in total. The number of hydrogen-bond donors (Lipinski definition) is 1. The maximum Gasteiger partial charge on any atom is 0.230 e. The Balaban J connectivity index is 1.86. The number of ether oxygens (including phenoxy) is 2. The highest BCUT2D eigenvalue weighted by Crippen LogP contribution is 2.28. The Hall–Kier alpha value is -1.85. The molecule has 2 aromatic carbocycles. The first-order valence-electron chi connectivity index (χ1n) is 6.99. The van der Waals surface area contributed by atoms with Crippen molar-refractivity contribution < 1.29 is 14.3 Å². The molecule has 0 aliphatic heterocycles. The molecule has 23 heavy (non-hydrogen) atoms. The SMILES string of the molecule is COc1ccc(CNC(=O)CSc2ccccc2Cl)cc1OC. The molecule has 0 atom stereocenters. The quantitative estimate of drug-likeness (QED) is 0.771. The molecule has 2 aromatic rings. The van der Waals surface area contributed by atoms with Gasteiger partial charge in [-0.1, -0.05) is 29.8 Å². The molecule has 0 heterocycles. The van der Waals surface area contributed by atoms with Gasteiger partial charge in [0.05, 0.1) is 25.0 Å². The number of thioether (sulfide) groups is 1. The summed E-state index contributed by atoms with van der Waals surface area (Å²) < 4.78 is 10.4. The molecule has 1 N–H and O–H groups in total. The number of nitrogens with one attached hydrogen (secondary N) is 1. The Morgan fingerprint density at radius 2 is 1.87 bits per heavy atom. The molecule has 0 saturated heterocycles. The van der Waals surface area contributed by atoms with E-state index in [9.17, 15) is 4.79 Å². The molecule has 0 aliphatic rings. The molecular formula is C17H18ClNO3S. The molecular weight excluding hydrogens is 334 g/mol. The lowest BCUT2D eigenvalue weighted by Gasteiger charge is -2.10. The number of hydrogen-bond acceptors (Lipinski definition) is 4. The standard InChI is InChI=1S/C17H18ClNO3S/c1-21-14-8-7-12(9-15(14)22-2)10-19-17(20)11-23-16-6-4-3-5-13(16)18/h3-9H,10-11H2,1-2H3,(H,19,20). The van der Waals surface area contributed by atoms with Crippen LogP contribution in [0.2, 0.25) is 5.02 Å². The number of carbonyl (C=O) groups is 1. The van der Waals surface area contributed by atoms with E-state index >= 15 is 0 Å². The van der Waals surface area contributed by atoms with Crippen LogP contribution in [0.4, 0.5) is 0 Å². The lowest BCUT2D eigenvalue weighted by atomic mass is 10.2. The highest BCUT2D eigenvalue weighted by atomic mass is 35.5. The number of rotatable bonds is 7. The van der Waals surface area contributed by atoms with Gasteiger partial charge in [0, 0.05) is 11.4 Å². The van der Waals surface area contributed by atoms with Crippen LogP contribution < -0.4 is 14.8 Å². The summed E-state index contributed by atoms with van der Waals surface area (Å²) in [5.74, 6) is 1.57. The summed E-state index contributed by atoms with van der Waals surface area (Å²) in [6.07, 6.45) is 0. The smallest absolute Gasteiger partial charge is 0.230 e. The fourth-order valence-electron chi connectivity index (χ4n) is 1.95. The zero-order chi connectivity index (χ0) is 16.7. The van der Waals surface area contributed by atoms with Crippen molar-refractivity contribution in [3.05, 3.63) is 53.1 Å². The van der Waals surface area contributed by atoms with Crippen LogP contribution >= 0.6 is 23.4 Å². The van der Waals surface area contributed by atoms with E-state index < -0.39 is 0 Å². The Morgan fingerprint density at radius 3 is 2.57 bits per heavy atom. The molecule has 2 rings (SSSR count). The van der Waals surface area contributed by atoms with Crippen LogP contribution in [0.25, 0.3) is 0 Å². The van der Waals surface area contributed by atoms with Gasteiger partial charge in [-0.2, -0.15) is 0 Å². The molecule has 0 aromatic heterocycles. The third-order valence-electron chi connectivity index (χ3n) is 3.13. The second kappa shape index (κ2) is 8.70. The topological polar surface area (TPSA) is 47.6 Å². The molecule has 0 bridgehead atoms. The monoisotopic (exact) mass is 351 g/mol. The van der Waals surface area contributed by atoms with Crippen molar-refractivity contribution in [1.29, 1.82) is 0 Å². The summed E-state index contributed by atoms with van der Waals surface area (Å²) in [6, 6.07) is 13.0. The minimum atomic E-state index is -0.0512. The number of halogens is 1. The van der Waals surface area contributed by atoms with Crippen molar-refractivity contribution in [3.8, 4) is 11.5 Å². The van der Waals surface area contributed by atoms with Crippen LogP contribution in [0.5, 0.6) is 11.5 Å². The van der Waals surface area contributed by atoms with Crippen LogP contribution in [0.1, 0.15) is 5.56 Å². The summed E-state index contributed by atoms with van der Waals surface area (Å²) in [7, 11) is 3.17. The predicted octanol–water partition coefficient (Wildman–Crippen LogP) is 3.77. The average molecular weight is 352 g/mol. The van der Waals surface area contributed by atoms with Gasteiger partial charge in [-0.05, 0) is 29.8 Å². The van der Waals surface area contributed by atoms with Gasteiger partial charge in [0.15, 0.2) is 11.5 Å². The van der Waals surface area contributed by atoms with E-state index in [1.54, 1.807) is 14.2 Å². The fourth-order valence-corrected chi connectivity index (χ4v) is 3.02. The van der Waals surface area contributed by atoms with E-state index in [1.807, 2.05) is 42.5 Å². The summed E-state index contributed by atoms with van der Waals surface area (Å²) in [4.78, 5) is 12.8. The molecule has 122 valence electrons. The Morgan fingerprint density at radius 1 is 1.13 bits per heavy atom. The van der Waals surface area contributed by atoms with E-state index in [2.05, 4.69) is 5.32 Å². The summed E-state index contributed by atoms with van der Waals surface area (Å²) in [5, 5.41) is 3.54. The molecule has 1 amide bonds. The summed E-state index contributed by atoms with van der Waals surface area (Å²) >= 11 is 7.48. The molecule has 0 radical (unpaired) electrons. The second-order valence-electron chi connectivity index (χ2n) is 4.69. The summed E-state index contributed by atoms with van der Waals surface area (Å²) in [6.45, 7) is 0.433. The van der Waals surface area contributed by atoms with E-state index in [0.29, 0.717) is 28.8 Å². The zero-order valence-corrected chi connectivity index (χ0v) is 14.5. The Labute approximate surface area is 145 Å². The van der Waals surface area contributed by atoms with Crippen molar-refractivity contribution in [2.45, 2.75) is 11.4 Å². The normalized spacial score (nSPS) is 10.2. The van der Waals surface area contributed by atoms with Gasteiger partial charge >= 0.3 is 0 Å². The summed E-state index contributed by atoms with van der Waals surface area (Å²) in [5.41, 5.74) is 0.943. The molecule has 6 heteroatoms. The van der Waals surface area contributed by atoms with Crippen LogP contribution in [-0.4, -0.2) is 25.9 Å². The predicted molar refractivity (Wildman–Crippen MR) is 93.6 cm³/mol. The van der Waals surface area contributed by atoms with E-state index in [0.717, 1.165) is 10.5 Å². The third kappa shape index (κ3) is 5.08. The third-order valence-corrected chi connectivity index (χ3v) is 4.65. The maximum atomic E-state index is 11.9. The lowest BCUT2D eigenvalue weighted by molar-refractivity contribution is -0.118. The minimum absolute atomic E-state index is 0.0512. The van der Waals surface area contributed by atoms with Crippen molar-refractivity contribution >= 4 is 29.3 Å². The highest BCUT2D eigenvalue weighted by Gasteiger charge is 2.07. The lowest BCUT2D eigenvalue weighted by Crippen LogP contribution is -2.24. The van der Waals surface area contributed by atoms with Crippen molar-refractivity contribution in [3.63, 3.8) is 0 Å². The van der Waals surface area contributed by atoms with Gasteiger partial charge in [0.2, 0.25) is 5.91 Å². The van der Waals surface area contributed by atoms with Crippen molar-refractivity contribution in [2.75, 3.05) is 20.0 Å². The van der Waals surface area contributed by atoms with Crippen LogP contribution in [0.15, 0.2) is 47.4 Å². The first kappa shape index (κ1) is 17.5.